The number of carbonyl (C=O) groups is 2. The van der Waals surface area contributed by atoms with E-state index < -0.39 is 42.6 Å². The fourth-order valence-electron chi connectivity index (χ4n) is 8.45. The van der Waals surface area contributed by atoms with Gasteiger partial charge >= 0.3 is 11.9 Å². The minimum absolute atomic E-state index is 0.0780. The number of fused-ring (bicyclic) bond motifs is 2. The van der Waals surface area contributed by atoms with Crippen LogP contribution in [0.5, 0.6) is 11.5 Å². The molecule has 0 saturated carbocycles. The highest BCUT2D eigenvalue weighted by Crippen LogP contribution is 2.35. The zero-order valence-electron chi connectivity index (χ0n) is 42.7. The average molecular weight is 995 g/mol. The molecule has 2 aliphatic heterocycles. The third-order valence-electron chi connectivity index (χ3n) is 12.7. The number of carbonyl (C=O) groups excluding carboxylic acids is 2. The van der Waals surface area contributed by atoms with E-state index in [9.17, 15) is 30.0 Å². The maximum atomic E-state index is 12.9. The van der Waals surface area contributed by atoms with Gasteiger partial charge in [-0.2, -0.15) is 0 Å². The molecule has 13 nitrogen and oxygen atoms in total. The van der Waals surface area contributed by atoms with Gasteiger partial charge in [-0.15, -0.1) is 13.2 Å². The van der Waals surface area contributed by atoms with Crippen molar-refractivity contribution in [2.45, 2.75) is 141 Å². The molecule has 0 fully saturated rings. The maximum absolute atomic E-state index is 12.9. The standard InChI is InChI=1S/C31H42O7.C28H36O6/c1-4-28(33)29(34)16-17-36-25-13-10-22(11-14-25)27-18-23-12-15-26(19-30(23)38-31(27)35)37-20-24(32)9-7-5-6-8-21(2)3;1-4-20-15-23(32-14-6-13-29)11-12-25(20)26-16-21-9-10-24(17-27(21)34-28(26)31)33-18-22(30)8-5-7-19(2)3/h10-15,18-19,23-24,28-30,32-34H,2,4-9,16-17,20H2,1,3H3;9-12,15-17,21-22,27,29-30H,2,4-8,13-14,18H2,1,3H3. The second-order valence-electron chi connectivity index (χ2n) is 19.0. The highest BCUT2D eigenvalue weighted by molar-refractivity contribution is 6.18. The van der Waals surface area contributed by atoms with E-state index in [1.807, 2.05) is 82.4 Å². The molecule has 2 aliphatic carbocycles. The molecule has 0 saturated heterocycles. The summed E-state index contributed by atoms with van der Waals surface area (Å²) in [6, 6.07) is 12.8. The predicted octanol–water partition coefficient (Wildman–Crippen LogP) is 9.38. The van der Waals surface area contributed by atoms with Gasteiger partial charge in [0.05, 0.1) is 48.8 Å². The van der Waals surface area contributed by atoms with Crippen molar-refractivity contribution in [3.8, 4) is 11.5 Å². The Balaban J connectivity index is 0.000000269. The number of hydrogen-bond acceptors (Lipinski definition) is 13. The minimum Gasteiger partial charge on any atom is -0.493 e. The van der Waals surface area contributed by atoms with Crippen LogP contribution in [0.1, 0.15) is 115 Å². The van der Waals surface area contributed by atoms with E-state index in [2.05, 4.69) is 13.2 Å². The second-order valence-corrected chi connectivity index (χ2v) is 19.0. The molecule has 8 atom stereocenters. The number of hydrogen-bond donors (Lipinski definition) is 5. The number of unbranched alkanes of at least 4 members (excludes halogenated alkanes) is 2. The Bertz CT molecular complexity index is 2280. The molecule has 5 N–H and O–H groups in total. The number of aliphatic hydroxyl groups excluding tert-OH is 5. The molecule has 0 bridgehead atoms. The van der Waals surface area contributed by atoms with Gasteiger partial charge in [0.2, 0.25) is 0 Å². The Kier molecular flexibility index (Phi) is 23.6. The number of ether oxygens (including phenoxy) is 6. The van der Waals surface area contributed by atoms with Gasteiger partial charge in [-0.1, -0.05) is 80.3 Å². The van der Waals surface area contributed by atoms with Gasteiger partial charge in [0.15, 0.2) is 0 Å². The Labute approximate surface area is 426 Å². The van der Waals surface area contributed by atoms with Gasteiger partial charge in [-0.3, -0.25) is 0 Å². The molecule has 0 amide bonds. The quantitative estimate of drug-likeness (QED) is 0.0295. The SMILES string of the molecule is C=C(C)CCCC(O)COC1=CC2OC(=O)C(c3ccc(OCCCO)cc3CC)=CC2C=C1.C=C(C)CCCCCC(O)COC1=CC2OC(=O)C(c3ccc(OCCC(O)C(O)CC)cc3)=CC2C=C1. The highest BCUT2D eigenvalue weighted by atomic mass is 16.6. The zero-order chi connectivity index (χ0) is 52.0. The van der Waals surface area contributed by atoms with Crippen LogP contribution in [0.15, 0.2) is 127 Å². The van der Waals surface area contributed by atoms with Crippen LogP contribution in [0.4, 0.5) is 0 Å². The molecule has 0 aromatic heterocycles. The van der Waals surface area contributed by atoms with E-state index in [4.69, 9.17) is 33.5 Å². The molecule has 0 radical (unpaired) electrons. The Morgan fingerprint density at radius 3 is 1.76 bits per heavy atom. The minimum atomic E-state index is -0.815. The second kappa shape index (κ2) is 29.7. The number of aliphatic hydroxyl groups is 5. The summed E-state index contributed by atoms with van der Waals surface area (Å²) >= 11 is 0. The topological polar surface area (TPSA) is 191 Å². The molecule has 6 rings (SSSR count). The summed E-state index contributed by atoms with van der Waals surface area (Å²) < 4.78 is 34.3. The van der Waals surface area contributed by atoms with Crippen molar-refractivity contribution in [3.63, 3.8) is 0 Å². The van der Waals surface area contributed by atoms with Crippen LogP contribution in [-0.4, -0.2) is 107 Å². The van der Waals surface area contributed by atoms with E-state index in [0.717, 1.165) is 73.0 Å². The molecule has 2 heterocycles. The first kappa shape index (κ1) is 57.2. The van der Waals surface area contributed by atoms with E-state index in [1.54, 1.807) is 36.4 Å². The van der Waals surface area contributed by atoms with Gasteiger partial charge in [0.1, 0.15) is 48.4 Å². The fraction of sp³-hybridized carbons (Fsp3) is 0.492. The summed E-state index contributed by atoms with van der Waals surface area (Å²) in [6.07, 6.45) is 20.9. The molecule has 4 aliphatic rings. The molecule has 2 aromatic carbocycles. The van der Waals surface area contributed by atoms with Gasteiger partial charge in [0.25, 0.3) is 0 Å². The van der Waals surface area contributed by atoms with Crippen LogP contribution in [0.25, 0.3) is 11.1 Å². The summed E-state index contributed by atoms with van der Waals surface area (Å²) in [7, 11) is 0. The number of esters is 2. The maximum Gasteiger partial charge on any atom is 0.339 e. The van der Waals surface area contributed by atoms with E-state index >= 15 is 0 Å². The van der Waals surface area contributed by atoms with Crippen molar-refractivity contribution in [2.24, 2.45) is 11.8 Å². The van der Waals surface area contributed by atoms with Gasteiger partial charge in [-0.25, -0.2) is 9.59 Å². The monoisotopic (exact) mass is 995 g/mol. The van der Waals surface area contributed by atoms with Crippen LogP contribution < -0.4 is 9.47 Å². The van der Waals surface area contributed by atoms with Crippen LogP contribution in [-0.2, 0) is 35.0 Å². The lowest BCUT2D eigenvalue weighted by atomic mass is 9.88. The van der Waals surface area contributed by atoms with Gasteiger partial charge in [-0.05, 0) is 130 Å². The molecular weight excluding hydrogens is 917 g/mol. The summed E-state index contributed by atoms with van der Waals surface area (Å²) in [6.45, 7) is 16.9. The third kappa shape index (κ3) is 18.4. The molecule has 2 aromatic rings. The first-order valence-corrected chi connectivity index (χ1v) is 25.7. The summed E-state index contributed by atoms with van der Waals surface area (Å²) in [5, 5.41) is 48.8. The third-order valence-corrected chi connectivity index (χ3v) is 12.7. The number of aryl methyl sites for hydroxylation is 1. The van der Waals surface area contributed by atoms with Crippen molar-refractivity contribution >= 4 is 23.1 Å². The molecule has 8 unspecified atom stereocenters. The van der Waals surface area contributed by atoms with E-state index in [0.29, 0.717) is 67.1 Å². The van der Waals surface area contributed by atoms with Crippen molar-refractivity contribution in [1.82, 2.24) is 0 Å². The number of benzene rings is 2. The zero-order valence-corrected chi connectivity index (χ0v) is 42.7. The Morgan fingerprint density at radius 1 is 0.625 bits per heavy atom. The molecule has 72 heavy (non-hydrogen) atoms. The predicted molar refractivity (Wildman–Crippen MR) is 279 cm³/mol. The van der Waals surface area contributed by atoms with Crippen molar-refractivity contribution in [1.29, 1.82) is 0 Å². The largest absolute Gasteiger partial charge is 0.493 e. The molecule has 13 heteroatoms. The fourth-order valence-corrected chi connectivity index (χ4v) is 8.45. The number of rotatable bonds is 29. The number of allylic oxidation sites excluding steroid dienone is 4. The van der Waals surface area contributed by atoms with E-state index in [-0.39, 0.29) is 44.2 Å². The Morgan fingerprint density at radius 2 is 1.18 bits per heavy atom. The van der Waals surface area contributed by atoms with Crippen molar-refractivity contribution in [3.05, 3.63) is 144 Å². The Hall–Kier alpha value is -5.70. The summed E-state index contributed by atoms with van der Waals surface area (Å²) in [4.78, 5) is 25.6. The van der Waals surface area contributed by atoms with E-state index in [1.165, 1.54) is 5.57 Å². The lowest BCUT2D eigenvalue weighted by molar-refractivity contribution is -0.142. The average Bonchev–Trinajstić information content (AvgIpc) is 3.36. The molecule has 392 valence electrons. The first-order valence-electron chi connectivity index (χ1n) is 25.7. The lowest BCUT2D eigenvalue weighted by Gasteiger charge is -2.29. The summed E-state index contributed by atoms with van der Waals surface area (Å²) in [5.74, 6) is 1.58. The lowest BCUT2D eigenvalue weighted by Crippen LogP contribution is -2.31. The van der Waals surface area contributed by atoms with Crippen LogP contribution in [0.2, 0.25) is 0 Å². The molecular formula is C59H78O13. The van der Waals surface area contributed by atoms with Crippen LogP contribution in [0.3, 0.4) is 0 Å². The smallest absolute Gasteiger partial charge is 0.339 e. The highest BCUT2D eigenvalue weighted by Gasteiger charge is 2.34. The van der Waals surface area contributed by atoms with Crippen molar-refractivity contribution in [2.75, 3.05) is 33.0 Å². The van der Waals surface area contributed by atoms with Gasteiger partial charge in [0, 0.05) is 31.3 Å². The van der Waals surface area contributed by atoms with Crippen molar-refractivity contribution < 1.29 is 63.5 Å². The normalized spacial score (nSPS) is 20.5. The van der Waals surface area contributed by atoms with Crippen LogP contribution in [0, 0.1) is 11.8 Å². The summed E-state index contributed by atoms with van der Waals surface area (Å²) in [5.41, 5.74) is 5.92. The van der Waals surface area contributed by atoms with Crippen LogP contribution >= 0.6 is 0 Å². The molecule has 0 spiro atoms. The first-order chi connectivity index (χ1) is 34.7. The van der Waals surface area contributed by atoms with Gasteiger partial charge < -0.3 is 54.0 Å².